The minimum atomic E-state index is 0.0865. The molecule has 0 bridgehead atoms. The molecule has 1 fully saturated rings. The van der Waals surface area contributed by atoms with Gasteiger partial charge in [-0.3, -0.25) is 0 Å². The fourth-order valence-corrected chi connectivity index (χ4v) is 3.24. The first-order valence-corrected chi connectivity index (χ1v) is 6.69. The van der Waals surface area contributed by atoms with Crippen LogP contribution in [0, 0.1) is 10.7 Å². The molecule has 2 nitrogen and oxygen atoms in total. The van der Waals surface area contributed by atoms with Crippen LogP contribution in [0.4, 0.5) is 0 Å². The summed E-state index contributed by atoms with van der Waals surface area (Å²) in [5.41, 5.74) is 2.26. The van der Waals surface area contributed by atoms with Gasteiger partial charge in [-0.15, -0.1) is 0 Å². The molecule has 1 N–H and O–H groups in total. The summed E-state index contributed by atoms with van der Waals surface area (Å²) in [6.45, 7) is 4.53. The van der Waals surface area contributed by atoms with Crippen LogP contribution in [0.15, 0.2) is 18.2 Å². The van der Waals surface area contributed by atoms with Crippen LogP contribution in [-0.4, -0.2) is 9.55 Å². The number of halogens is 1. The monoisotopic (exact) mass is 266 g/mol. The first-order valence-electron chi connectivity index (χ1n) is 5.91. The quantitative estimate of drug-likeness (QED) is 0.794. The third-order valence-electron chi connectivity index (χ3n) is 3.80. The molecular weight excluding hydrogens is 252 g/mol. The van der Waals surface area contributed by atoms with Crippen molar-refractivity contribution in [2.45, 2.75) is 32.2 Å². The van der Waals surface area contributed by atoms with Crippen molar-refractivity contribution in [2.75, 3.05) is 0 Å². The minimum absolute atomic E-state index is 0.0865. The summed E-state index contributed by atoms with van der Waals surface area (Å²) < 4.78 is 3.03. The smallest absolute Gasteiger partial charge is 0.178 e. The molecule has 0 amide bonds. The van der Waals surface area contributed by atoms with Gasteiger partial charge >= 0.3 is 0 Å². The molecule has 1 heterocycles. The Morgan fingerprint density at radius 1 is 1.41 bits per heavy atom. The lowest BCUT2D eigenvalue weighted by Crippen LogP contribution is -2.28. The van der Waals surface area contributed by atoms with Crippen LogP contribution in [0.1, 0.15) is 26.7 Å². The van der Waals surface area contributed by atoms with Gasteiger partial charge in [0.15, 0.2) is 4.77 Å². The molecule has 2 aromatic rings. The molecule has 0 spiro atoms. The van der Waals surface area contributed by atoms with Gasteiger partial charge < -0.3 is 9.55 Å². The van der Waals surface area contributed by atoms with E-state index in [0.29, 0.717) is 0 Å². The second-order valence-corrected chi connectivity index (χ2v) is 6.18. The first kappa shape index (κ1) is 11.3. The van der Waals surface area contributed by atoms with Crippen molar-refractivity contribution in [3.05, 3.63) is 28.0 Å². The van der Waals surface area contributed by atoms with Gasteiger partial charge in [0.05, 0.1) is 11.0 Å². The zero-order valence-electron chi connectivity index (χ0n) is 9.96. The van der Waals surface area contributed by atoms with E-state index in [1.54, 1.807) is 0 Å². The summed E-state index contributed by atoms with van der Waals surface area (Å²) in [4.78, 5) is 3.25. The maximum atomic E-state index is 6.01. The topological polar surface area (TPSA) is 20.7 Å². The van der Waals surface area contributed by atoms with Gasteiger partial charge in [-0.1, -0.05) is 11.6 Å². The molecular formula is C13H15ClN2S. The zero-order chi connectivity index (χ0) is 12.2. The molecule has 1 aromatic carbocycles. The summed E-state index contributed by atoms with van der Waals surface area (Å²) in [5, 5.41) is 0.741. The number of rotatable bonds is 2. The average molecular weight is 267 g/mol. The van der Waals surface area contributed by atoms with Crippen molar-refractivity contribution in [1.29, 1.82) is 0 Å². The molecule has 1 aromatic heterocycles. The van der Waals surface area contributed by atoms with E-state index < -0.39 is 0 Å². The molecule has 1 aliphatic carbocycles. The second-order valence-electron chi connectivity index (χ2n) is 5.35. The van der Waals surface area contributed by atoms with Crippen LogP contribution in [0.25, 0.3) is 11.0 Å². The van der Waals surface area contributed by atoms with Crippen molar-refractivity contribution >= 4 is 34.9 Å². The highest BCUT2D eigenvalue weighted by molar-refractivity contribution is 7.71. The van der Waals surface area contributed by atoms with Crippen LogP contribution >= 0.6 is 23.8 Å². The van der Waals surface area contributed by atoms with Crippen LogP contribution in [-0.2, 0) is 5.54 Å². The van der Waals surface area contributed by atoms with E-state index >= 15 is 0 Å². The Bertz CT molecular complexity index is 634. The van der Waals surface area contributed by atoms with E-state index in [4.69, 9.17) is 23.8 Å². The van der Waals surface area contributed by atoms with Crippen LogP contribution in [0.5, 0.6) is 0 Å². The van der Waals surface area contributed by atoms with Crippen molar-refractivity contribution in [1.82, 2.24) is 9.55 Å². The maximum Gasteiger partial charge on any atom is 0.178 e. The lowest BCUT2D eigenvalue weighted by molar-refractivity contribution is 0.310. The van der Waals surface area contributed by atoms with Crippen molar-refractivity contribution in [2.24, 2.45) is 5.92 Å². The van der Waals surface area contributed by atoms with Crippen molar-refractivity contribution in [3.8, 4) is 0 Å². The molecule has 0 atom stereocenters. The third-order valence-corrected chi connectivity index (χ3v) is 4.32. The summed E-state index contributed by atoms with van der Waals surface area (Å²) in [6.07, 6.45) is 2.60. The van der Waals surface area contributed by atoms with E-state index in [9.17, 15) is 0 Å². The summed E-state index contributed by atoms with van der Waals surface area (Å²) >= 11 is 11.5. The predicted octanol–water partition coefficient (Wildman–Crippen LogP) is 4.50. The van der Waals surface area contributed by atoms with Gasteiger partial charge in [0.1, 0.15) is 0 Å². The zero-order valence-corrected chi connectivity index (χ0v) is 11.5. The lowest BCUT2D eigenvalue weighted by atomic mass is 9.98. The molecule has 90 valence electrons. The number of imidazole rings is 1. The molecule has 1 aliphatic rings. The number of benzene rings is 1. The molecule has 0 saturated heterocycles. The largest absolute Gasteiger partial charge is 0.331 e. The minimum Gasteiger partial charge on any atom is -0.331 e. The fourth-order valence-electron chi connectivity index (χ4n) is 2.63. The van der Waals surface area contributed by atoms with Crippen molar-refractivity contribution in [3.63, 3.8) is 0 Å². The molecule has 0 unspecified atom stereocenters. The average Bonchev–Trinajstić information content (AvgIpc) is 3.01. The maximum absolute atomic E-state index is 6.01. The fraction of sp³-hybridized carbons (Fsp3) is 0.462. The van der Waals surface area contributed by atoms with E-state index in [1.165, 1.54) is 12.8 Å². The number of fused-ring (bicyclic) bond motifs is 1. The molecule has 17 heavy (non-hydrogen) atoms. The highest BCUT2D eigenvalue weighted by atomic mass is 35.5. The highest BCUT2D eigenvalue weighted by Crippen LogP contribution is 2.45. The number of hydrogen-bond acceptors (Lipinski definition) is 1. The standard InChI is InChI=1S/C13H15ClN2S/c1-13(2,8-3-4-8)16-11-6-5-9(14)7-10(11)15-12(16)17/h5-8H,3-4H2,1-2H3,(H,15,17). The van der Waals surface area contributed by atoms with Crippen molar-refractivity contribution < 1.29 is 0 Å². The predicted molar refractivity (Wildman–Crippen MR) is 74.2 cm³/mol. The van der Waals surface area contributed by atoms with Gasteiger partial charge in [0.25, 0.3) is 0 Å². The molecule has 0 radical (unpaired) electrons. The van der Waals surface area contributed by atoms with Gasteiger partial charge in [0.2, 0.25) is 0 Å². The SMILES string of the molecule is CC(C)(C1CC1)n1c(=S)[nH]c2cc(Cl)ccc21. The first-order chi connectivity index (χ1) is 8.00. The Morgan fingerprint density at radius 2 is 2.12 bits per heavy atom. The number of aromatic amines is 1. The van der Waals surface area contributed by atoms with E-state index in [1.807, 2.05) is 18.2 Å². The Balaban J connectivity index is 2.28. The Labute approximate surface area is 111 Å². The number of nitrogens with zero attached hydrogens (tertiary/aromatic N) is 1. The van der Waals surface area contributed by atoms with Crippen LogP contribution < -0.4 is 0 Å². The number of aromatic nitrogens is 2. The summed E-state index contributed by atoms with van der Waals surface area (Å²) in [7, 11) is 0. The summed E-state index contributed by atoms with van der Waals surface area (Å²) in [6, 6.07) is 5.91. The Morgan fingerprint density at radius 3 is 2.76 bits per heavy atom. The van der Waals surface area contributed by atoms with Gasteiger partial charge in [-0.05, 0) is 63.0 Å². The Hall–Kier alpha value is -0.800. The third kappa shape index (κ3) is 1.72. The van der Waals surface area contributed by atoms with Gasteiger partial charge in [-0.25, -0.2) is 0 Å². The van der Waals surface area contributed by atoms with Gasteiger partial charge in [0, 0.05) is 10.6 Å². The molecule has 3 rings (SSSR count). The van der Waals surface area contributed by atoms with Crippen LogP contribution in [0.2, 0.25) is 5.02 Å². The molecule has 4 heteroatoms. The second kappa shape index (κ2) is 3.59. The van der Waals surface area contributed by atoms with E-state index in [-0.39, 0.29) is 5.54 Å². The lowest BCUT2D eigenvalue weighted by Gasteiger charge is -2.27. The van der Waals surface area contributed by atoms with Crippen LogP contribution in [0.3, 0.4) is 0 Å². The number of H-pyrrole nitrogens is 1. The number of hydrogen-bond donors (Lipinski definition) is 1. The normalized spacial score (nSPS) is 16.6. The van der Waals surface area contributed by atoms with Gasteiger partial charge in [-0.2, -0.15) is 0 Å². The van der Waals surface area contributed by atoms with E-state index in [2.05, 4.69) is 23.4 Å². The highest BCUT2D eigenvalue weighted by Gasteiger charge is 2.40. The Kier molecular flexibility index (Phi) is 2.39. The summed E-state index contributed by atoms with van der Waals surface area (Å²) in [5.74, 6) is 0.740. The van der Waals surface area contributed by atoms with E-state index in [0.717, 1.165) is 26.7 Å². The number of nitrogens with one attached hydrogen (secondary N) is 1. The molecule has 0 aliphatic heterocycles. The molecule has 1 saturated carbocycles.